The van der Waals surface area contributed by atoms with Crippen LogP contribution in [0.2, 0.25) is 0 Å². The molecular weight excluding hydrogens is 172 g/mol. The van der Waals surface area contributed by atoms with E-state index in [0.29, 0.717) is 0 Å². The average Bonchev–Trinajstić information content (AvgIpc) is 2.06. The van der Waals surface area contributed by atoms with Gasteiger partial charge in [0.25, 0.3) is 0 Å². The highest BCUT2D eigenvalue weighted by Gasteiger charge is 1.73. The van der Waals surface area contributed by atoms with Gasteiger partial charge in [0.05, 0.1) is 0 Å². The second-order valence-corrected chi connectivity index (χ2v) is 1.73. The van der Waals surface area contributed by atoms with Crippen LogP contribution >= 0.6 is 12.6 Å². The molecule has 0 spiro atoms. The third-order valence-electron chi connectivity index (χ3n) is 0.324. The lowest BCUT2D eigenvalue weighted by Gasteiger charge is -1.64. The van der Waals surface area contributed by atoms with Gasteiger partial charge < -0.3 is 5.11 Å². The standard InChI is InChI=1S/C3H4O2.C3H6S.C3H6/c1-2-3(4)5;1-2-3-4;1-3-2/h2H,1H2,(H,4,5);2-4H,1H3;3H,1H2,2H3. The summed E-state index contributed by atoms with van der Waals surface area (Å²) in [5.74, 6) is -0.981. The fraction of sp³-hybridized carbons (Fsp3) is 0.222. The summed E-state index contributed by atoms with van der Waals surface area (Å²) in [7, 11) is 0. The van der Waals surface area contributed by atoms with Crippen LogP contribution in [0.4, 0.5) is 0 Å². The Bertz CT molecular complexity index is 135. The predicted octanol–water partition coefficient (Wildman–Crippen LogP) is 2.90. The molecule has 70 valence electrons. The first-order valence-corrected chi connectivity index (χ1v) is 3.80. The Morgan fingerprint density at radius 3 is 1.58 bits per heavy atom. The summed E-state index contributed by atoms with van der Waals surface area (Å²) >= 11 is 3.74. The van der Waals surface area contributed by atoms with E-state index in [-0.39, 0.29) is 0 Å². The third kappa shape index (κ3) is 140. The number of hydrogen-bond acceptors (Lipinski definition) is 2. The Morgan fingerprint density at radius 2 is 1.58 bits per heavy atom. The molecule has 0 aliphatic heterocycles. The second-order valence-electron chi connectivity index (χ2n) is 1.43. The largest absolute Gasteiger partial charge is 0.478 e. The van der Waals surface area contributed by atoms with Crippen LogP contribution in [-0.4, -0.2) is 11.1 Å². The van der Waals surface area contributed by atoms with E-state index in [2.05, 4.69) is 25.8 Å². The van der Waals surface area contributed by atoms with Gasteiger partial charge in [-0.05, 0) is 19.3 Å². The molecule has 3 heteroatoms. The van der Waals surface area contributed by atoms with Crippen LogP contribution in [-0.2, 0) is 4.79 Å². The number of carboxylic acid groups (broad SMARTS) is 1. The van der Waals surface area contributed by atoms with Crippen molar-refractivity contribution in [2.24, 2.45) is 0 Å². The summed E-state index contributed by atoms with van der Waals surface area (Å²) in [4.78, 5) is 9.25. The lowest BCUT2D eigenvalue weighted by Crippen LogP contribution is -1.82. The van der Waals surface area contributed by atoms with Gasteiger partial charge in [-0.15, -0.1) is 6.58 Å². The molecule has 0 unspecified atom stereocenters. The van der Waals surface area contributed by atoms with E-state index in [4.69, 9.17) is 5.11 Å². The van der Waals surface area contributed by atoms with Crippen molar-refractivity contribution in [3.8, 4) is 0 Å². The van der Waals surface area contributed by atoms with Crippen molar-refractivity contribution in [2.45, 2.75) is 13.8 Å². The van der Waals surface area contributed by atoms with Crippen molar-refractivity contribution in [2.75, 3.05) is 0 Å². The summed E-state index contributed by atoms with van der Waals surface area (Å²) in [6.45, 7) is 10.1. The van der Waals surface area contributed by atoms with Gasteiger partial charge in [-0.25, -0.2) is 4.79 Å². The average molecular weight is 188 g/mol. The van der Waals surface area contributed by atoms with E-state index >= 15 is 0 Å². The molecule has 0 aliphatic rings. The smallest absolute Gasteiger partial charge is 0.327 e. The number of carboxylic acids is 1. The summed E-state index contributed by atoms with van der Waals surface area (Å²) in [5.41, 5.74) is 0. The summed E-state index contributed by atoms with van der Waals surface area (Å²) in [6, 6.07) is 0. The molecule has 0 rings (SSSR count). The lowest BCUT2D eigenvalue weighted by molar-refractivity contribution is -0.131. The van der Waals surface area contributed by atoms with Gasteiger partial charge in [0, 0.05) is 6.08 Å². The number of thiol groups is 1. The molecule has 0 atom stereocenters. The van der Waals surface area contributed by atoms with Crippen molar-refractivity contribution >= 4 is 18.6 Å². The Balaban J connectivity index is -0.000000105. The molecule has 0 aromatic rings. The van der Waals surface area contributed by atoms with Gasteiger partial charge in [-0.2, -0.15) is 12.6 Å². The zero-order valence-electron chi connectivity index (χ0n) is 7.53. The van der Waals surface area contributed by atoms with Crippen LogP contribution < -0.4 is 0 Å². The lowest BCUT2D eigenvalue weighted by atomic mass is 10.7. The number of rotatable bonds is 1. The Hall–Kier alpha value is -0.960. The van der Waals surface area contributed by atoms with E-state index in [0.717, 1.165) is 6.08 Å². The van der Waals surface area contributed by atoms with E-state index in [1.165, 1.54) is 0 Å². The molecule has 0 aromatic heterocycles. The van der Waals surface area contributed by atoms with Crippen LogP contribution in [0, 0.1) is 0 Å². The first kappa shape index (κ1) is 17.2. The topological polar surface area (TPSA) is 37.3 Å². The molecule has 0 fully saturated rings. The van der Waals surface area contributed by atoms with Crippen molar-refractivity contribution in [1.82, 2.24) is 0 Å². The van der Waals surface area contributed by atoms with Crippen molar-refractivity contribution in [3.63, 3.8) is 0 Å². The molecule has 0 radical (unpaired) electrons. The quantitative estimate of drug-likeness (QED) is 0.377. The van der Waals surface area contributed by atoms with Gasteiger partial charge >= 0.3 is 5.97 Å². The van der Waals surface area contributed by atoms with Gasteiger partial charge in [-0.1, -0.05) is 18.7 Å². The monoisotopic (exact) mass is 188 g/mol. The molecule has 0 saturated heterocycles. The minimum atomic E-state index is -0.981. The number of allylic oxidation sites excluding steroid dienone is 2. The van der Waals surface area contributed by atoms with Gasteiger partial charge in [0.15, 0.2) is 0 Å². The Morgan fingerprint density at radius 1 is 1.42 bits per heavy atom. The summed E-state index contributed by atoms with van der Waals surface area (Å²) in [6.07, 6.45) is 4.45. The van der Waals surface area contributed by atoms with E-state index < -0.39 is 5.97 Å². The van der Waals surface area contributed by atoms with Crippen molar-refractivity contribution in [3.05, 3.63) is 36.8 Å². The number of hydrogen-bond donors (Lipinski definition) is 2. The van der Waals surface area contributed by atoms with E-state index in [9.17, 15) is 4.79 Å². The molecule has 1 N–H and O–H groups in total. The van der Waals surface area contributed by atoms with Crippen LogP contribution in [0.1, 0.15) is 13.8 Å². The fourth-order valence-corrected chi connectivity index (χ4v) is 0. The minimum Gasteiger partial charge on any atom is -0.478 e. The van der Waals surface area contributed by atoms with Crippen molar-refractivity contribution < 1.29 is 9.90 Å². The molecule has 0 saturated carbocycles. The number of aliphatic carboxylic acids is 1. The van der Waals surface area contributed by atoms with Gasteiger partial charge in [0.1, 0.15) is 0 Å². The molecule has 0 aliphatic carbocycles. The molecule has 12 heavy (non-hydrogen) atoms. The van der Waals surface area contributed by atoms with Crippen LogP contribution in [0.25, 0.3) is 0 Å². The van der Waals surface area contributed by atoms with Gasteiger partial charge in [0.2, 0.25) is 0 Å². The number of carbonyl (C=O) groups is 1. The Kier molecular flexibility index (Phi) is 32.3. The maximum Gasteiger partial charge on any atom is 0.327 e. The first-order chi connectivity index (χ1) is 5.60. The van der Waals surface area contributed by atoms with Crippen LogP contribution in [0.5, 0.6) is 0 Å². The summed E-state index contributed by atoms with van der Waals surface area (Å²) < 4.78 is 0. The SMILES string of the molecule is C=CC.C=CC(=O)O.CC=CS. The second kappa shape index (κ2) is 22.5. The highest BCUT2D eigenvalue weighted by atomic mass is 32.1. The summed E-state index contributed by atoms with van der Waals surface area (Å²) in [5, 5.41) is 9.30. The minimum absolute atomic E-state index is 0.833. The molecule has 0 bridgehead atoms. The van der Waals surface area contributed by atoms with E-state index in [1.54, 1.807) is 11.5 Å². The zero-order chi connectivity index (χ0) is 10.4. The van der Waals surface area contributed by atoms with E-state index in [1.807, 2.05) is 19.9 Å². The van der Waals surface area contributed by atoms with Crippen LogP contribution in [0.3, 0.4) is 0 Å². The van der Waals surface area contributed by atoms with Crippen molar-refractivity contribution in [1.29, 1.82) is 0 Å². The molecular formula is C9H16O2S. The normalized spacial score (nSPS) is 6.92. The fourth-order valence-electron chi connectivity index (χ4n) is 0. The third-order valence-corrected chi connectivity index (χ3v) is 0.622. The van der Waals surface area contributed by atoms with Crippen LogP contribution in [0.15, 0.2) is 36.8 Å². The van der Waals surface area contributed by atoms with Gasteiger partial charge in [-0.3, -0.25) is 0 Å². The molecule has 0 aromatic carbocycles. The maximum absolute atomic E-state index is 9.25. The molecule has 0 amide bonds. The molecule has 2 nitrogen and oxygen atoms in total. The highest BCUT2D eigenvalue weighted by Crippen LogP contribution is 1.69. The maximum atomic E-state index is 9.25. The Labute approximate surface area is 79.7 Å². The zero-order valence-corrected chi connectivity index (χ0v) is 8.42. The predicted molar refractivity (Wildman–Crippen MR) is 57.5 cm³/mol. The first-order valence-electron chi connectivity index (χ1n) is 3.28. The molecule has 0 heterocycles. The highest BCUT2D eigenvalue weighted by molar-refractivity contribution is 7.83.